The van der Waals surface area contributed by atoms with Gasteiger partial charge in [0.25, 0.3) is 0 Å². The van der Waals surface area contributed by atoms with E-state index in [1.165, 1.54) is 30.0 Å². The van der Waals surface area contributed by atoms with Crippen molar-refractivity contribution in [3.8, 4) is 0 Å². The van der Waals surface area contributed by atoms with Crippen LogP contribution in [0.5, 0.6) is 0 Å². The van der Waals surface area contributed by atoms with Crippen molar-refractivity contribution in [2.24, 2.45) is 7.05 Å². The predicted molar refractivity (Wildman–Crippen MR) is 91.9 cm³/mol. The number of imidazole rings is 1. The number of thiazole rings is 1. The minimum atomic E-state index is -0.0444. The van der Waals surface area contributed by atoms with E-state index in [0.29, 0.717) is 17.5 Å². The Bertz CT molecular complexity index is 891. The Kier molecular flexibility index (Phi) is 3.41. The first kappa shape index (κ1) is 14.4. The van der Waals surface area contributed by atoms with Crippen LogP contribution in [0.3, 0.4) is 0 Å². The molecule has 1 aliphatic carbocycles. The van der Waals surface area contributed by atoms with Crippen LogP contribution in [0.15, 0.2) is 23.6 Å². The smallest absolute Gasteiger partial charge is 0.230 e. The molecule has 0 spiro atoms. The van der Waals surface area contributed by atoms with Crippen molar-refractivity contribution in [1.29, 1.82) is 0 Å². The number of aryl methyl sites for hydroxylation is 2. The van der Waals surface area contributed by atoms with Crippen molar-refractivity contribution in [2.45, 2.75) is 32.1 Å². The number of hydrogen-bond donors (Lipinski definition) is 1. The number of amides is 1. The van der Waals surface area contributed by atoms with Crippen LogP contribution in [0.1, 0.15) is 35.8 Å². The van der Waals surface area contributed by atoms with Crippen LogP contribution in [-0.4, -0.2) is 20.4 Å². The lowest BCUT2D eigenvalue weighted by atomic mass is 10.1. The second kappa shape index (κ2) is 5.45. The number of rotatable bonds is 4. The van der Waals surface area contributed by atoms with E-state index in [0.717, 1.165) is 22.3 Å². The van der Waals surface area contributed by atoms with Gasteiger partial charge in [0.05, 0.1) is 23.1 Å². The Morgan fingerprint density at radius 3 is 2.91 bits per heavy atom. The summed E-state index contributed by atoms with van der Waals surface area (Å²) in [5, 5.41) is 5.43. The molecule has 118 valence electrons. The zero-order valence-corrected chi connectivity index (χ0v) is 14.0. The number of aromatic nitrogens is 3. The maximum absolute atomic E-state index is 12.1. The van der Waals surface area contributed by atoms with Crippen LogP contribution in [0, 0.1) is 6.92 Å². The fourth-order valence-corrected chi connectivity index (χ4v) is 3.55. The summed E-state index contributed by atoms with van der Waals surface area (Å²) in [6.45, 7) is 1.92. The fraction of sp³-hybridized carbons (Fsp3) is 0.353. The summed E-state index contributed by atoms with van der Waals surface area (Å²) in [4.78, 5) is 21.2. The van der Waals surface area contributed by atoms with E-state index in [9.17, 15) is 4.79 Å². The molecule has 0 bridgehead atoms. The third-order valence-corrected chi connectivity index (χ3v) is 5.03. The van der Waals surface area contributed by atoms with Crippen molar-refractivity contribution in [1.82, 2.24) is 14.5 Å². The van der Waals surface area contributed by atoms with Crippen molar-refractivity contribution in [3.05, 3.63) is 40.7 Å². The number of hydrogen-bond acceptors (Lipinski definition) is 4. The Labute approximate surface area is 138 Å². The summed E-state index contributed by atoms with van der Waals surface area (Å²) >= 11 is 1.45. The quantitative estimate of drug-likeness (QED) is 0.799. The molecule has 6 heteroatoms. The lowest BCUT2D eigenvalue weighted by Crippen LogP contribution is -2.14. The number of anilines is 1. The van der Waals surface area contributed by atoms with Crippen LogP contribution in [-0.2, 0) is 18.3 Å². The number of carbonyl (C=O) groups excluding carboxylic acids is 1. The molecule has 5 nitrogen and oxygen atoms in total. The Morgan fingerprint density at radius 1 is 1.39 bits per heavy atom. The first-order valence-corrected chi connectivity index (χ1v) is 8.65. The molecule has 2 aromatic heterocycles. The standard InChI is InChI=1S/C17H18N4OS/c1-10-9-23-17(18-10)20-15(22)8-11-3-6-14-13(7-11)19-16(21(14)2)12-4-5-12/h3,6-7,9,12H,4-5,8H2,1-2H3,(H,18,20,22). The molecular formula is C17H18N4OS. The molecule has 1 aliphatic rings. The van der Waals surface area contributed by atoms with E-state index in [2.05, 4.69) is 28.0 Å². The fourth-order valence-electron chi connectivity index (χ4n) is 2.84. The zero-order chi connectivity index (χ0) is 16.0. The molecule has 0 unspecified atom stereocenters. The van der Waals surface area contributed by atoms with E-state index in [-0.39, 0.29) is 5.91 Å². The number of carbonyl (C=O) groups is 1. The van der Waals surface area contributed by atoms with Gasteiger partial charge in [0.1, 0.15) is 5.82 Å². The second-order valence-corrected chi connectivity index (χ2v) is 7.00. The van der Waals surface area contributed by atoms with Gasteiger partial charge in [-0.1, -0.05) is 6.07 Å². The van der Waals surface area contributed by atoms with Gasteiger partial charge in [0, 0.05) is 18.3 Å². The maximum atomic E-state index is 12.1. The van der Waals surface area contributed by atoms with Crippen LogP contribution in [0.25, 0.3) is 11.0 Å². The van der Waals surface area contributed by atoms with Crippen LogP contribution >= 0.6 is 11.3 Å². The normalized spacial score (nSPS) is 14.3. The molecule has 4 rings (SSSR count). The first-order valence-electron chi connectivity index (χ1n) is 7.77. The first-order chi connectivity index (χ1) is 11.1. The summed E-state index contributed by atoms with van der Waals surface area (Å²) in [5.74, 6) is 1.74. The van der Waals surface area contributed by atoms with Crippen molar-refractivity contribution in [3.63, 3.8) is 0 Å². The highest BCUT2D eigenvalue weighted by atomic mass is 32.1. The average molecular weight is 326 g/mol. The summed E-state index contributed by atoms with van der Waals surface area (Å²) < 4.78 is 2.18. The van der Waals surface area contributed by atoms with Gasteiger partial charge in [0.2, 0.25) is 5.91 Å². The molecule has 0 radical (unpaired) electrons. The van der Waals surface area contributed by atoms with Gasteiger partial charge in [-0.3, -0.25) is 4.79 Å². The van der Waals surface area contributed by atoms with Gasteiger partial charge in [-0.15, -0.1) is 11.3 Å². The molecule has 1 aromatic carbocycles. The minimum absolute atomic E-state index is 0.0444. The molecule has 23 heavy (non-hydrogen) atoms. The number of fused-ring (bicyclic) bond motifs is 1. The highest BCUT2D eigenvalue weighted by molar-refractivity contribution is 7.13. The molecule has 1 N–H and O–H groups in total. The van der Waals surface area contributed by atoms with E-state index in [1.807, 2.05) is 24.4 Å². The Hall–Kier alpha value is -2.21. The lowest BCUT2D eigenvalue weighted by Gasteiger charge is -2.03. The van der Waals surface area contributed by atoms with Gasteiger partial charge in [0.15, 0.2) is 5.13 Å². The molecular weight excluding hydrogens is 308 g/mol. The molecule has 0 aliphatic heterocycles. The van der Waals surface area contributed by atoms with E-state index >= 15 is 0 Å². The van der Waals surface area contributed by atoms with E-state index < -0.39 is 0 Å². The summed E-state index contributed by atoms with van der Waals surface area (Å²) in [6.07, 6.45) is 2.81. The molecule has 1 amide bonds. The van der Waals surface area contributed by atoms with E-state index in [1.54, 1.807) is 0 Å². The van der Waals surface area contributed by atoms with Gasteiger partial charge in [-0.2, -0.15) is 0 Å². The molecule has 0 atom stereocenters. The highest BCUT2D eigenvalue weighted by Gasteiger charge is 2.28. The van der Waals surface area contributed by atoms with Crippen LogP contribution < -0.4 is 5.32 Å². The SMILES string of the molecule is Cc1csc(NC(=O)Cc2ccc3c(c2)nc(C2CC2)n3C)n1. The maximum Gasteiger partial charge on any atom is 0.230 e. The summed E-state index contributed by atoms with van der Waals surface area (Å²) in [7, 11) is 2.07. The predicted octanol–water partition coefficient (Wildman–Crippen LogP) is 3.40. The average Bonchev–Trinajstić information content (AvgIpc) is 3.20. The third-order valence-electron chi connectivity index (χ3n) is 4.15. The molecule has 3 aromatic rings. The largest absolute Gasteiger partial charge is 0.331 e. The molecule has 0 saturated heterocycles. The van der Waals surface area contributed by atoms with Gasteiger partial charge in [-0.25, -0.2) is 9.97 Å². The lowest BCUT2D eigenvalue weighted by molar-refractivity contribution is -0.115. The van der Waals surface area contributed by atoms with Crippen LogP contribution in [0.2, 0.25) is 0 Å². The third kappa shape index (κ3) is 2.86. The van der Waals surface area contributed by atoms with E-state index in [4.69, 9.17) is 4.98 Å². The summed E-state index contributed by atoms with van der Waals surface area (Å²) in [5.41, 5.74) is 4.01. The number of nitrogens with zero attached hydrogens (tertiary/aromatic N) is 3. The summed E-state index contributed by atoms with van der Waals surface area (Å²) in [6, 6.07) is 6.09. The highest BCUT2D eigenvalue weighted by Crippen LogP contribution is 2.40. The monoisotopic (exact) mass is 326 g/mol. The number of benzene rings is 1. The molecule has 2 heterocycles. The Balaban J connectivity index is 1.53. The number of nitrogens with one attached hydrogen (secondary N) is 1. The van der Waals surface area contributed by atoms with Gasteiger partial charge >= 0.3 is 0 Å². The second-order valence-electron chi connectivity index (χ2n) is 6.15. The van der Waals surface area contributed by atoms with Gasteiger partial charge < -0.3 is 9.88 Å². The zero-order valence-electron chi connectivity index (χ0n) is 13.2. The van der Waals surface area contributed by atoms with Crippen LogP contribution in [0.4, 0.5) is 5.13 Å². The topological polar surface area (TPSA) is 59.8 Å². The van der Waals surface area contributed by atoms with Gasteiger partial charge in [-0.05, 0) is 37.5 Å². The molecule has 1 fully saturated rings. The van der Waals surface area contributed by atoms with Crippen molar-refractivity contribution >= 4 is 33.4 Å². The Morgan fingerprint density at radius 2 is 2.22 bits per heavy atom. The van der Waals surface area contributed by atoms with Crippen molar-refractivity contribution in [2.75, 3.05) is 5.32 Å². The molecule has 1 saturated carbocycles. The van der Waals surface area contributed by atoms with Crippen molar-refractivity contribution < 1.29 is 4.79 Å². The minimum Gasteiger partial charge on any atom is -0.331 e.